The summed E-state index contributed by atoms with van der Waals surface area (Å²) in [6, 6.07) is 10.3. The lowest BCUT2D eigenvalue weighted by Crippen LogP contribution is -2.36. The number of carbonyl (C=O) groups is 4. The van der Waals surface area contributed by atoms with Crippen molar-refractivity contribution in [3.63, 3.8) is 0 Å². The number of methoxy groups -OCH3 is 1. The second-order valence-electron chi connectivity index (χ2n) is 6.86. The molecule has 0 aliphatic carbocycles. The fraction of sp³-hybridized carbons (Fsp3) is 0.182. The van der Waals surface area contributed by atoms with Gasteiger partial charge in [-0.2, -0.15) is 0 Å². The third-order valence-corrected chi connectivity index (χ3v) is 6.17. The number of rotatable bonds is 7. The van der Waals surface area contributed by atoms with Gasteiger partial charge in [-0.1, -0.05) is 29.3 Å². The number of nitrogens with zero attached hydrogens (tertiary/aromatic N) is 1. The van der Waals surface area contributed by atoms with Crippen molar-refractivity contribution < 1.29 is 28.7 Å². The maximum absolute atomic E-state index is 12.7. The third-order valence-electron chi connectivity index (χ3n) is 4.39. The monoisotopic (exact) mass is 552 g/mol. The van der Waals surface area contributed by atoms with Gasteiger partial charge in [-0.25, -0.2) is 4.79 Å². The number of thioether (sulfide) groups is 1. The van der Waals surface area contributed by atoms with Crippen LogP contribution in [0.4, 0.5) is 10.5 Å². The van der Waals surface area contributed by atoms with Crippen LogP contribution < -0.4 is 10.1 Å². The quantitative estimate of drug-likeness (QED) is 0.394. The van der Waals surface area contributed by atoms with E-state index < -0.39 is 29.6 Å². The number of nitrogens with one attached hydrogen (secondary N) is 1. The molecular weight excluding hydrogens is 536 g/mol. The highest BCUT2D eigenvalue weighted by atomic mass is 79.9. The Balaban J connectivity index is 1.70. The molecular formula is C22H18BrClN2O6S. The summed E-state index contributed by atoms with van der Waals surface area (Å²) < 4.78 is 10.3. The number of carbonyl (C=O) groups excluding carboxylic acids is 4. The van der Waals surface area contributed by atoms with Crippen molar-refractivity contribution in [3.8, 4) is 5.75 Å². The Kier molecular flexibility index (Phi) is 8.17. The largest absolute Gasteiger partial charge is 0.479 e. The van der Waals surface area contributed by atoms with Crippen LogP contribution in [0.25, 0.3) is 6.08 Å². The van der Waals surface area contributed by atoms with E-state index in [9.17, 15) is 19.2 Å². The van der Waals surface area contributed by atoms with E-state index in [4.69, 9.17) is 16.3 Å². The molecule has 0 unspecified atom stereocenters. The first-order valence-electron chi connectivity index (χ1n) is 9.48. The lowest BCUT2D eigenvalue weighted by atomic mass is 10.2. The summed E-state index contributed by atoms with van der Waals surface area (Å²) in [5, 5.41) is 2.31. The SMILES string of the molecule is COC(=O)COc1c(Cl)cc(/C=C2/SC(=O)N(CC(=O)Nc3ccc(C)cc3)C2=O)cc1Br. The number of halogens is 2. The molecule has 0 aromatic heterocycles. The van der Waals surface area contributed by atoms with E-state index in [1.165, 1.54) is 19.3 Å². The molecule has 2 aromatic rings. The van der Waals surface area contributed by atoms with E-state index >= 15 is 0 Å². The van der Waals surface area contributed by atoms with Crippen molar-refractivity contribution in [3.05, 3.63) is 61.9 Å². The first kappa shape index (κ1) is 24.8. The second kappa shape index (κ2) is 10.9. The van der Waals surface area contributed by atoms with Crippen LogP contribution in [0.1, 0.15) is 11.1 Å². The molecule has 1 N–H and O–H groups in total. The molecule has 33 heavy (non-hydrogen) atoms. The van der Waals surface area contributed by atoms with Crippen LogP contribution >= 0.6 is 39.3 Å². The number of hydrogen-bond acceptors (Lipinski definition) is 7. The number of amides is 3. The van der Waals surface area contributed by atoms with Gasteiger partial charge in [0.15, 0.2) is 12.4 Å². The van der Waals surface area contributed by atoms with Crippen molar-refractivity contribution >= 4 is 74.1 Å². The van der Waals surface area contributed by atoms with Gasteiger partial charge < -0.3 is 14.8 Å². The predicted octanol–water partition coefficient (Wildman–Crippen LogP) is 4.64. The summed E-state index contributed by atoms with van der Waals surface area (Å²) in [4.78, 5) is 49.7. The standard InChI is InChI=1S/C22H18BrClN2O6S/c1-12-3-5-14(6-4-12)25-18(27)10-26-21(29)17(33-22(26)30)9-13-7-15(23)20(16(24)8-13)32-11-19(28)31-2/h3-9H,10-11H2,1-2H3,(H,25,27)/b17-9+. The minimum absolute atomic E-state index is 0.148. The molecule has 8 nitrogen and oxygen atoms in total. The molecule has 0 radical (unpaired) electrons. The number of ether oxygens (including phenoxy) is 2. The van der Waals surface area contributed by atoms with Crippen molar-refractivity contribution in [1.82, 2.24) is 4.90 Å². The number of benzene rings is 2. The molecule has 3 amide bonds. The molecule has 2 aromatic carbocycles. The zero-order valence-electron chi connectivity index (χ0n) is 17.5. The van der Waals surface area contributed by atoms with Crippen LogP contribution in [0.5, 0.6) is 5.75 Å². The smallest absolute Gasteiger partial charge is 0.343 e. The molecule has 1 fully saturated rings. The van der Waals surface area contributed by atoms with Gasteiger partial charge in [-0.05, 0) is 70.5 Å². The second-order valence-corrected chi connectivity index (χ2v) is 9.12. The van der Waals surface area contributed by atoms with Gasteiger partial charge in [0.05, 0.1) is 21.5 Å². The van der Waals surface area contributed by atoms with Crippen LogP contribution in [0.3, 0.4) is 0 Å². The normalized spacial score (nSPS) is 14.5. The number of imide groups is 1. The maximum Gasteiger partial charge on any atom is 0.343 e. The molecule has 11 heteroatoms. The zero-order chi connectivity index (χ0) is 24.1. The summed E-state index contributed by atoms with van der Waals surface area (Å²) >= 11 is 10.3. The van der Waals surface area contributed by atoms with Crippen LogP contribution in [-0.2, 0) is 19.1 Å². The number of hydrogen-bond donors (Lipinski definition) is 1. The average Bonchev–Trinajstić information content (AvgIpc) is 3.01. The highest BCUT2D eigenvalue weighted by molar-refractivity contribution is 9.10. The summed E-state index contributed by atoms with van der Waals surface area (Å²) in [5.74, 6) is -1.40. The number of esters is 1. The Morgan fingerprint density at radius 2 is 1.91 bits per heavy atom. The molecule has 3 rings (SSSR count). The average molecular weight is 554 g/mol. The fourth-order valence-corrected chi connectivity index (χ4v) is 4.59. The van der Waals surface area contributed by atoms with Gasteiger partial charge in [0, 0.05) is 5.69 Å². The Morgan fingerprint density at radius 3 is 2.55 bits per heavy atom. The third kappa shape index (κ3) is 6.37. The van der Waals surface area contributed by atoms with Crippen molar-refractivity contribution in [2.75, 3.05) is 25.6 Å². The fourth-order valence-electron chi connectivity index (χ4n) is 2.76. The molecule has 0 atom stereocenters. The van der Waals surface area contributed by atoms with Gasteiger partial charge in [-0.3, -0.25) is 19.3 Å². The molecule has 1 aliphatic heterocycles. The van der Waals surface area contributed by atoms with E-state index in [0.29, 0.717) is 15.7 Å². The molecule has 1 heterocycles. The van der Waals surface area contributed by atoms with Gasteiger partial charge in [0.2, 0.25) is 5.91 Å². The Bertz CT molecular complexity index is 1130. The molecule has 0 spiro atoms. The molecule has 0 bridgehead atoms. The van der Waals surface area contributed by atoms with Crippen LogP contribution in [-0.4, -0.2) is 48.2 Å². The summed E-state index contributed by atoms with van der Waals surface area (Å²) in [5.41, 5.74) is 2.13. The van der Waals surface area contributed by atoms with Gasteiger partial charge in [0.1, 0.15) is 6.54 Å². The highest BCUT2D eigenvalue weighted by Gasteiger charge is 2.36. The molecule has 0 saturated carbocycles. The Hall–Kier alpha value is -2.82. The van der Waals surface area contributed by atoms with Crippen molar-refractivity contribution in [1.29, 1.82) is 0 Å². The number of anilines is 1. The maximum atomic E-state index is 12.7. The Labute approximate surface area is 207 Å². The van der Waals surface area contributed by atoms with Crippen molar-refractivity contribution in [2.45, 2.75) is 6.92 Å². The number of aryl methyl sites for hydroxylation is 1. The minimum atomic E-state index is -0.581. The van der Waals surface area contributed by atoms with Gasteiger partial charge >= 0.3 is 5.97 Å². The minimum Gasteiger partial charge on any atom is -0.479 e. The van der Waals surface area contributed by atoms with Gasteiger partial charge in [0.25, 0.3) is 11.1 Å². The van der Waals surface area contributed by atoms with Crippen LogP contribution in [0.15, 0.2) is 45.8 Å². The lowest BCUT2D eigenvalue weighted by molar-refractivity contribution is -0.142. The van der Waals surface area contributed by atoms with Gasteiger partial charge in [-0.15, -0.1) is 0 Å². The van der Waals surface area contributed by atoms with Crippen LogP contribution in [0, 0.1) is 6.92 Å². The Morgan fingerprint density at radius 1 is 1.21 bits per heavy atom. The summed E-state index contributed by atoms with van der Waals surface area (Å²) in [6.07, 6.45) is 1.49. The highest BCUT2D eigenvalue weighted by Crippen LogP contribution is 2.37. The zero-order valence-corrected chi connectivity index (χ0v) is 20.7. The lowest BCUT2D eigenvalue weighted by Gasteiger charge is -2.12. The van der Waals surface area contributed by atoms with E-state index in [1.807, 2.05) is 19.1 Å². The topological polar surface area (TPSA) is 102 Å². The first-order chi connectivity index (χ1) is 15.7. The van der Waals surface area contributed by atoms with Crippen LogP contribution in [0.2, 0.25) is 5.02 Å². The van der Waals surface area contributed by atoms with E-state index in [1.54, 1.807) is 18.2 Å². The van der Waals surface area contributed by atoms with E-state index in [0.717, 1.165) is 22.2 Å². The summed E-state index contributed by atoms with van der Waals surface area (Å²) in [6.45, 7) is 1.20. The summed E-state index contributed by atoms with van der Waals surface area (Å²) in [7, 11) is 1.24. The first-order valence-corrected chi connectivity index (χ1v) is 11.5. The van der Waals surface area contributed by atoms with Crippen molar-refractivity contribution in [2.24, 2.45) is 0 Å². The molecule has 1 saturated heterocycles. The molecule has 1 aliphatic rings. The van der Waals surface area contributed by atoms with E-state index in [-0.39, 0.29) is 22.3 Å². The molecule has 172 valence electrons. The predicted molar refractivity (Wildman–Crippen MR) is 129 cm³/mol. The van der Waals surface area contributed by atoms with E-state index in [2.05, 4.69) is 26.0 Å².